The molecule has 2 aromatic rings. The van der Waals surface area contributed by atoms with Crippen LogP contribution in [0.5, 0.6) is 0 Å². The van der Waals surface area contributed by atoms with Crippen LogP contribution >= 0.6 is 0 Å². The number of aryl methyl sites for hydroxylation is 1. The second-order valence-electron chi connectivity index (χ2n) is 4.80. The minimum atomic E-state index is -0.423. The lowest BCUT2D eigenvalue weighted by molar-refractivity contribution is -0.385. The molecule has 112 valence electrons. The van der Waals surface area contributed by atoms with Gasteiger partial charge in [-0.3, -0.25) is 19.9 Å². The number of pyridine rings is 1. The Hall–Kier alpha value is -3.02. The van der Waals surface area contributed by atoms with Crippen LogP contribution in [-0.4, -0.2) is 15.8 Å². The Morgan fingerprint density at radius 1 is 1.41 bits per heavy atom. The van der Waals surface area contributed by atoms with Gasteiger partial charge in [0.1, 0.15) is 5.69 Å². The second kappa shape index (κ2) is 6.62. The molecule has 1 heterocycles. The maximum absolute atomic E-state index is 11.2. The van der Waals surface area contributed by atoms with E-state index in [0.29, 0.717) is 17.8 Å². The molecule has 0 saturated carbocycles. The number of carbonyl (C=O) groups is 1. The van der Waals surface area contributed by atoms with Gasteiger partial charge in [-0.15, -0.1) is 0 Å². The smallest absolute Gasteiger partial charge is 0.291 e. The Kier molecular flexibility index (Phi) is 4.63. The van der Waals surface area contributed by atoms with Crippen molar-refractivity contribution in [2.45, 2.75) is 13.3 Å². The number of nitro groups is 1. The second-order valence-corrected chi connectivity index (χ2v) is 4.80. The van der Waals surface area contributed by atoms with Gasteiger partial charge in [-0.1, -0.05) is 18.7 Å². The van der Waals surface area contributed by atoms with Gasteiger partial charge in [0.25, 0.3) is 5.69 Å². The van der Waals surface area contributed by atoms with Gasteiger partial charge in [0.05, 0.1) is 4.92 Å². The van der Waals surface area contributed by atoms with Crippen LogP contribution in [0.25, 0.3) is 0 Å². The van der Waals surface area contributed by atoms with Gasteiger partial charge in [-0.05, 0) is 36.3 Å². The summed E-state index contributed by atoms with van der Waals surface area (Å²) < 4.78 is 0. The first-order valence-electron chi connectivity index (χ1n) is 6.62. The Bertz CT molecular complexity index is 724. The largest absolute Gasteiger partial charge is 0.323 e. The van der Waals surface area contributed by atoms with Crippen LogP contribution in [0.1, 0.15) is 16.8 Å². The van der Waals surface area contributed by atoms with Gasteiger partial charge in [-0.2, -0.15) is 0 Å². The van der Waals surface area contributed by atoms with Crippen LogP contribution in [0.15, 0.2) is 49.2 Å². The van der Waals surface area contributed by atoms with Crippen LogP contribution in [0.4, 0.5) is 11.4 Å². The van der Waals surface area contributed by atoms with E-state index in [1.54, 1.807) is 37.4 Å². The maximum Gasteiger partial charge on any atom is 0.291 e. The molecule has 22 heavy (non-hydrogen) atoms. The zero-order valence-corrected chi connectivity index (χ0v) is 12.1. The summed E-state index contributed by atoms with van der Waals surface area (Å²) >= 11 is 0. The summed E-state index contributed by atoms with van der Waals surface area (Å²) in [6.45, 7) is 5.14. The molecule has 6 nitrogen and oxygen atoms in total. The zero-order chi connectivity index (χ0) is 16.1. The number of nitrogens with zero attached hydrogens (tertiary/aromatic N) is 2. The molecule has 0 radical (unpaired) electrons. The fourth-order valence-corrected chi connectivity index (χ4v) is 1.97. The molecule has 6 heteroatoms. The zero-order valence-electron chi connectivity index (χ0n) is 12.1. The summed E-state index contributed by atoms with van der Waals surface area (Å²) in [5.74, 6) is -0.288. The molecule has 0 unspecified atom stereocenters. The van der Waals surface area contributed by atoms with Crippen molar-refractivity contribution in [1.82, 2.24) is 4.98 Å². The number of benzene rings is 1. The molecule has 0 bridgehead atoms. The number of anilines is 1. The van der Waals surface area contributed by atoms with E-state index < -0.39 is 4.92 Å². The summed E-state index contributed by atoms with van der Waals surface area (Å²) in [5.41, 5.74) is 2.69. The summed E-state index contributed by atoms with van der Waals surface area (Å²) in [7, 11) is 0. The van der Waals surface area contributed by atoms with Crippen molar-refractivity contribution in [1.29, 1.82) is 0 Å². The van der Waals surface area contributed by atoms with E-state index in [9.17, 15) is 14.9 Å². The van der Waals surface area contributed by atoms with Crippen LogP contribution in [0, 0.1) is 17.0 Å². The Balaban J connectivity index is 2.19. The molecule has 0 aliphatic heterocycles. The number of carbonyl (C=O) groups excluding carboxylic acids is 1. The lowest BCUT2D eigenvalue weighted by Crippen LogP contribution is -2.07. The van der Waals surface area contributed by atoms with E-state index in [1.807, 2.05) is 0 Å². The third-order valence-electron chi connectivity index (χ3n) is 3.06. The van der Waals surface area contributed by atoms with Crippen LogP contribution < -0.4 is 5.32 Å². The van der Waals surface area contributed by atoms with E-state index in [4.69, 9.17) is 0 Å². The van der Waals surface area contributed by atoms with Crippen molar-refractivity contribution in [2.75, 3.05) is 5.32 Å². The van der Waals surface area contributed by atoms with Gasteiger partial charge >= 0.3 is 0 Å². The molecule has 1 N–H and O–H groups in total. The third-order valence-corrected chi connectivity index (χ3v) is 3.06. The third kappa shape index (κ3) is 3.76. The van der Waals surface area contributed by atoms with E-state index in [-0.39, 0.29) is 11.6 Å². The number of rotatable bonds is 5. The topological polar surface area (TPSA) is 85.1 Å². The minimum absolute atomic E-state index is 0.0176. The molecular weight excluding hydrogens is 282 g/mol. The predicted octanol–water partition coefficient (Wildman–Crippen LogP) is 3.01. The monoisotopic (exact) mass is 297 g/mol. The first-order chi connectivity index (χ1) is 10.5. The Labute approximate surface area is 127 Å². The molecule has 0 aliphatic rings. The lowest BCUT2D eigenvalue weighted by atomic mass is 10.1. The van der Waals surface area contributed by atoms with Crippen molar-refractivity contribution < 1.29 is 9.72 Å². The molecule has 0 aliphatic carbocycles. The molecule has 1 amide bonds. The van der Waals surface area contributed by atoms with E-state index in [0.717, 1.165) is 11.1 Å². The van der Waals surface area contributed by atoms with Gasteiger partial charge in [0.2, 0.25) is 5.91 Å². The quantitative estimate of drug-likeness (QED) is 0.522. The highest BCUT2D eigenvalue weighted by molar-refractivity contribution is 5.98. The number of aromatic nitrogens is 1. The fraction of sp³-hybridized carbons (Fsp3) is 0.125. The Morgan fingerprint density at radius 2 is 2.09 bits per heavy atom. The van der Waals surface area contributed by atoms with Crippen molar-refractivity contribution >= 4 is 17.3 Å². The van der Waals surface area contributed by atoms with Crippen molar-refractivity contribution in [3.05, 3.63) is 76.1 Å². The van der Waals surface area contributed by atoms with Crippen LogP contribution in [0.2, 0.25) is 0 Å². The number of hydrogen-bond acceptors (Lipinski definition) is 4. The number of nitrogens with one attached hydrogen (secondary N) is 1. The van der Waals surface area contributed by atoms with Gasteiger partial charge in [-0.25, -0.2) is 0 Å². The SMILES string of the molecule is C=CC(=O)Nc1ccc(Cc2ncc(C)cc2[N+](=O)[O-])cc1. The van der Waals surface area contributed by atoms with Crippen molar-refractivity contribution in [2.24, 2.45) is 0 Å². The molecule has 0 atom stereocenters. The molecule has 1 aromatic heterocycles. The fourth-order valence-electron chi connectivity index (χ4n) is 1.97. The van der Waals surface area contributed by atoms with E-state index in [2.05, 4.69) is 16.9 Å². The highest BCUT2D eigenvalue weighted by Gasteiger charge is 2.15. The Morgan fingerprint density at radius 3 is 2.68 bits per heavy atom. The maximum atomic E-state index is 11.2. The van der Waals surface area contributed by atoms with Crippen molar-refractivity contribution in [3.63, 3.8) is 0 Å². The highest BCUT2D eigenvalue weighted by atomic mass is 16.6. The summed E-state index contributed by atoms with van der Waals surface area (Å²) in [5, 5.41) is 13.7. The molecular formula is C16H15N3O3. The van der Waals surface area contributed by atoms with Crippen LogP contribution in [0.3, 0.4) is 0 Å². The molecule has 0 spiro atoms. The first-order valence-corrected chi connectivity index (χ1v) is 6.62. The first kappa shape index (κ1) is 15.4. The molecule has 1 aromatic carbocycles. The van der Waals surface area contributed by atoms with Gasteiger partial charge < -0.3 is 5.32 Å². The van der Waals surface area contributed by atoms with Gasteiger partial charge in [0, 0.05) is 24.4 Å². The molecule has 2 rings (SSSR count). The lowest BCUT2D eigenvalue weighted by Gasteiger charge is -2.06. The molecule has 0 fully saturated rings. The summed E-state index contributed by atoms with van der Waals surface area (Å²) in [6.07, 6.45) is 3.15. The summed E-state index contributed by atoms with van der Waals surface area (Å²) in [6, 6.07) is 8.57. The standard InChI is InChI=1S/C16H15N3O3/c1-3-16(20)18-13-6-4-12(5-7-13)9-14-15(19(21)22)8-11(2)10-17-14/h3-8,10H,1,9H2,2H3,(H,18,20). The highest BCUT2D eigenvalue weighted by Crippen LogP contribution is 2.21. The molecule has 0 saturated heterocycles. The normalized spacial score (nSPS) is 10.0. The number of amides is 1. The predicted molar refractivity (Wildman–Crippen MR) is 83.7 cm³/mol. The van der Waals surface area contributed by atoms with Crippen molar-refractivity contribution in [3.8, 4) is 0 Å². The summed E-state index contributed by atoms with van der Waals surface area (Å²) in [4.78, 5) is 26.0. The number of hydrogen-bond donors (Lipinski definition) is 1. The average Bonchev–Trinajstić information content (AvgIpc) is 2.50. The van der Waals surface area contributed by atoms with Crippen LogP contribution in [-0.2, 0) is 11.2 Å². The van der Waals surface area contributed by atoms with E-state index >= 15 is 0 Å². The van der Waals surface area contributed by atoms with E-state index in [1.165, 1.54) is 12.1 Å². The minimum Gasteiger partial charge on any atom is -0.323 e. The van der Waals surface area contributed by atoms with Gasteiger partial charge in [0.15, 0.2) is 0 Å². The average molecular weight is 297 g/mol.